The molecule has 21 heavy (non-hydrogen) atoms. The van der Waals surface area contributed by atoms with Crippen molar-refractivity contribution in [1.82, 2.24) is 9.97 Å². The van der Waals surface area contributed by atoms with Crippen LogP contribution in [0.2, 0.25) is 0 Å². The van der Waals surface area contributed by atoms with Crippen molar-refractivity contribution in [3.63, 3.8) is 0 Å². The van der Waals surface area contributed by atoms with Gasteiger partial charge < -0.3 is 14.9 Å². The van der Waals surface area contributed by atoms with Gasteiger partial charge >= 0.3 is 0 Å². The molecule has 2 rings (SSSR count). The van der Waals surface area contributed by atoms with Crippen LogP contribution in [0.5, 0.6) is 11.6 Å². The fraction of sp³-hybridized carbons (Fsp3) is 0.333. The van der Waals surface area contributed by atoms with Crippen LogP contribution in [0.1, 0.15) is 24.7 Å². The average molecular weight is 288 g/mol. The molecule has 0 saturated carbocycles. The molecule has 3 N–H and O–H groups in total. The Hall–Kier alpha value is -2.34. The molecule has 0 atom stereocenters. The summed E-state index contributed by atoms with van der Waals surface area (Å²) in [5.41, 5.74) is 3.57. The molecule has 2 aromatic rings. The third kappa shape index (κ3) is 4.32. The Kier molecular flexibility index (Phi) is 5.34. The molecule has 0 unspecified atom stereocenters. The molecule has 6 nitrogen and oxygen atoms in total. The zero-order valence-electron chi connectivity index (χ0n) is 12.3. The number of ether oxygens (including phenoxy) is 2. The minimum atomic E-state index is 0.427. The van der Waals surface area contributed by atoms with E-state index in [2.05, 4.69) is 22.3 Å². The normalized spacial score (nSPS) is 10.2. The van der Waals surface area contributed by atoms with Gasteiger partial charge in [-0.3, -0.25) is 0 Å². The monoisotopic (exact) mass is 288 g/mol. The standard InChI is InChI=1S/C15H20N4O2/c1-3-4-13-17-14(19-16)9-15(18-13)21-10-11-5-7-12(20-2)8-6-11/h5-9H,3-4,10,16H2,1-2H3,(H,17,18,19). The van der Waals surface area contributed by atoms with Gasteiger partial charge in [0.25, 0.3) is 0 Å². The van der Waals surface area contributed by atoms with Gasteiger partial charge in [-0.1, -0.05) is 19.1 Å². The van der Waals surface area contributed by atoms with E-state index in [9.17, 15) is 0 Å². The summed E-state index contributed by atoms with van der Waals surface area (Å²) in [7, 11) is 1.64. The fourth-order valence-electron chi connectivity index (χ4n) is 1.84. The minimum absolute atomic E-state index is 0.427. The zero-order chi connectivity index (χ0) is 15.1. The van der Waals surface area contributed by atoms with Crippen LogP contribution in [-0.4, -0.2) is 17.1 Å². The SMILES string of the molecule is CCCc1nc(NN)cc(OCc2ccc(OC)cc2)n1. The van der Waals surface area contributed by atoms with Crippen molar-refractivity contribution in [3.05, 3.63) is 41.7 Å². The van der Waals surface area contributed by atoms with Gasteiger partial charge in [0.15, 0.2) is 0 Å². The molecular weight excluding hydrogens is 268 g/mol. The largest absolute Gasteiger partial charge is 0.497 e. The van der Waals surface area contributed by atoms with E-state index in [0.29, 0.717) is 18.3 Å². The lowest BCUT2D eigenvalue weighted by Gasteiger charge is -2.09. The number of hydrogen-bond acceptors (Lipinski definition) is 6. The summed E-state index contributed by atoms with van der Waals surface area (Å²) >= 11 is 0. The van der Waals surface area contributed by atoms with E-state index in [1.54, 1.807) is 13.2 Å². The Balaban J connectivity index is 2.05. The molecule has 0 aliphatic rings. The molecule has 112 valence electrons. The van der Waals surface area contributed by atoms with Gasteiger partial charge in [-0.05, 0) is 24.1 Å². The number of nitrogens with two attached hydrogens (primary N) is 1. The molecule has 1 heterocycles. The predicted octanol–water partition coefficient (Wildman–Crippen LogP) is 2.30. The van der Waals surface area contributed by atoms with Crippen LogP contribution in [0.3, 0.4) is 0 Å². The second-order valence-electron chi connectivity index (χ2n) is 4.54. The van der Waals surface area contributed by atoms with Crippen LogP contribution in [0.25, 0.3) is 0 Å². The number of aryl methyl sites for hydroxylation is 1. The van der Waals surface area contributed by atoms with Crippen molar-refractivity contribution in [2.24, 2.45) is 5.84 Å². The Morgan fingerprint density at radius 3 is 2.57 bits per heavy atom. The summed E-state index contributed by atoms with van der Waals surface area (Å²) in [4.78, 5) is 8.64. The van der Waals surface area contributed by atoms with Crippen LogP contribution in [-0.2, 0) is 13.0 Å². The van der Waals surface area contributed by atoms with E-state index in [0.717, 1.165) is 30.0 Å². The van der Waals surface area contributed by atoms with Gasteiger partial charge in [-0.25, -0.2) is 10.8 Å². The molecule has 6 heteroatoms. The van der Waals surface area contributed by atoms with Gasteiger partial charge in [-0.2, -0.15) is 4.98 Å². The molecule has 0 aliphatic carbocycles. The smallest absolute Gasteiger partial charge is 0.219 e. The summed E-state index contributed by atoms with van der Waals surface area (Å²) in [6.07, 6.45) is 1.75. The Morgan fingerprint density at radius 1 is 1.19 bits per heavy atom. The van der Waals surface area contributed by atoms with Crippen LogP contribution < -0.4 is 20.7 Å². The average Bonchev–Trinajstić information content (AvgIpc) is 2.53. The third-order valence-corrected chi connectivity index (χ3v) is 2.92. The van der Waals surface area contributed by atoms with Crippen molar-refractivity contribution in [3.8, 4) is 11.6 Å². The maximum Gasteiger partial charge on any atom is 0.219 e. The predicted molar refractivity (Wildman–Crippen MR) is 81.2 cm³/mol. The van der Waals surface area contributed by atoms with E-state index in [1.807, 2.05) is 24.3 Å². The zero-order valence-corrected chi connectivity index (χ0v) is 12.3. The first-order chi connectivity index (χ1) is 10.2. The number of rotatable bonds is 7. The summed E-state index contributed by atoms with van der Waals surface area (Å²) in [6, 6.07) is 9.38. The first-order valence-corrected chi connectivity index (χ1v) is 6.85. The van der Waals surface area contributed by atoms with E-state index in [1.165, 1.54) is 0 Å². The van der Waals surface area contributed by atoms with Crippen molar-refractivity contribution >= 4 is 5.82 Å². The topological polar surface area (TPSA) is 82.3 Å². The summed E-state index contributed by atoms with van der Waals surface area (Å²) in [5, 5.41) is 0. The van der Waals surface area contributed by atoms with Gasteiger partial charge in [0.2, 0.25) is 5.88 Å². The number of nitrogens with one attached hydrogen (secondary N) is 1. The molecule has 0 fully saturated rings. The quantitative estimate of drug-likeness (QED) is 0.601. The molecule has 0 spiro atoms. The van der Waals surface area contributed by atoms with E-state index < -0.39 is 0 Å². The number of aromatic nitrogens is 2. The number of hydrogen-bond donors (Lipinski definition) is 2. The van der Waals surface area contributed by atoms with Gasteiger partial charge in [0.1, 0.15) is 24.0 Å². The maximum atomic E-state index is 5.71. The van der Waals surface area contributed by atoms with Crippen LogP contribution in [0.4, 0.5) is 5.82 Å². The van der Waals surface area contributed by atoms with E-state index in [4.69, 9.17) is 15.3 Å². The van der Waals surface area contributed by atoms with Gasteiger partial charge in [0.05, 0.1) is 7.11 Å². The molecule has 1 aromatic carbocycles. The molecule has 0 aliphatic heterocycles. The van der Waals surface area contributed by atoms with E-state index in [-0.39, 0.29) is 0 Å². The van der Waals surface area contributed by atoms with Crippen molar-refractivity contribution < 1.29 is 9.47 Å². The van der Waals surface area contributed by atoms with E-state index >= 15 is 0 Å². The van der Waals surface area contributed by atoms with Crippen molar-refractivity contribution in [2.45, 2.75) is 26.4 Å². The lowest BCUT2D eigenvalue weighted by Crippen LogP contribution is -2.11. The van der Waals surface area contributed by atoms with Gasteiger partial charge in [-0.15, -0.1) is 0 Å². The van der Waals surface area contributed by atoms with Crippen LogP contribution in [0, 0.1) is 0 Å². The lowest BCUT2D eigenvalue weighted by molar-refractivity contribution is 0.292. The molecule has 0 radical (unpaired) electrons. The Labute approximate surface area is 124 Å². The molecular formula is C15H20N4O2. The van der Waals surface area contributed by atoms with Crippen LogP contribution in [0.15, 0.2) is 30.3 Å². The summed E-state index contributed by atoms with van der Waals surface area (Å²) in [5.74, 6) is 8.02. The maximum absolute atomic E-state index is 5.71. The number of anilines is 1. The highest BCUT2D eigenvalue weighted by atomic mass is 16.5. The lowest BCUT2D eigenvalue weighted by atomic mass is 10.2. The highest BCUT2D eigenvalue weighted by Gasteiger charge is 2.05. The Bertz CT molecular complexity index is 572. The fourth-order valence-corrected chi connectivity index (χ4v) is 1.84. The minimum Gasteiger partial charge on any atom is -0.497 e. The molecule has 0 bridgehead atoms. The molecule has 1 aromatic heterocycles. The molecule has 0 saturated heterocycles. The highest BCUT2D eigenvalue weighted by molar-refractivity contribution is 5.37. The number of benzene rings is 1. The summed E-state index contributed by atoms with van der Waals surface area (Å²) < 4.78 is 10.8. The van der Waals surface area contributed by atoms with Crippen LogP contribution >= 0.6 is 0 Å². The number of hydrazine groups is 1. The second kappa shape index (κ2) is 7.44. The number of nitrogens with zero attached hydrogens (tertiary/aromatic N) is 2. The number of nitrogen functional groups attached to an aromatic ring is 1. The van der Waals surface area contributed by atoms with Gasteiger partial charge in [0, 0.05) is 12.5 Å². The highest BCUT2D eigenvalue weighted by Crippen LogP contribution is 2.17. The third-order valence-electron chi connectivity index (χ3n) is 2.92. The molecule has 0 amide bonds. The Morgan fingerprint density at radius 2 is 1.95 bits per heavy atom. The summed E-state index contributed by atoms with van der Waals surface area (Å²) in [6.45, 7) is 2.50. The second-order valence-corrected chi connectivity index (χ2v) is 4.54. The number of methoxy groups -OCH3 is 1. The first-order valence-electron chi connectivity index (χ1n) is 6.85. The first kappa shape index (κ1) is 15.1. The van der Waals surface area contributed by atoms with Crippen molar-refractivity contribution in [1.29, 1.82) is 0 Å². The van der Waals surface area contributed by atoms with Crippen molar-refractivity contribution in [2.75, 3.05) is 12.5 Å².